The molecule has 2 rings (SSSR count). The summed E-state index contributed by atoms with van der Waals surface area (Å²) in [7, 11) is 1.95. The van der Waals surface area contributed by atoms with Crippen molar-refractivity contribution in [2.24, 2.45) is 0 Å². The van der Waals surface area contributed by atoms with Gasteiger partial charge >= 0.3 is 0 Å². The lowest BCUT2D eigenvalue weighted by atomic mass is 10.2. The highest BCUT2D eigenvalue weighted by atomic mass is 35.5. The van der Waals surface area contributed by atoms with Crippen LogP contribution in [0.5, 0.6) is 0 Å². The van der Waals surface area contributed by atoms with Crippen molar-refractivity contribution in [3.05, 3.63) is 64.7 Å². The van der Waals surface area contributed by atoms with E-state index in [0.717, 1.165) is 17.0 Å². The second-order valence-corrected chi connectivity index (χ2v) is 6.44. The number of nitrogens with one attached hydrogen (secondary N) is 3. The molecule has 0 aliphatic rings. The van der Waals surface area contributed by atoms with Crippen LogP contribution in [0.3, 0.4) is 0 Å². The third-order valence-electron chi connectivity index (χ3n) is 3.80. The smallest absolute Gasteiger partial charge is 0.275 e. The summed E-state index contributed by atoms with van der Waals surface area (Å²) in [4.78, 5) is 25.0. The molecule has 0 saturated carbocycles. The third kappa shape index (κ3) is 6.21. The first-order valence-corrected chi connectivity index (χ1v) is 8.50. The zero-order valence-electron chi connectivity index (χ0n) is 14.4. The van der Waals surface area contributed by atoms with Crippen molar-refractivity contribution in [1.82, 2.24) is 5.32 Å². The van der Waals surface area contributed by atoms with E-state index in [2.05, 4.69) is 10.6 Å². The molecular formula is C19H23ClN3O2+. The van der Waals surface area contributed by atoms with Crippen molar-refractivity contribution in [1.29, 1.82) is 0 Å². The molecule has 0 aromatic heterocycles. The molecule has 2 amide bonds. The van der Waals surface area contributed by atoms with E-state index < -0.39 is 0 Å². The second-order valence-electron chi connectivity index (χ2n) is 6.03. The zero-order valence-corrected chi connectivity index (χ0v) is 15.2. The standard InChI is InChI=1S/C19H22ClN3O2/c1-14-16(20)9-6-10-17(14)22-18(24)11-21-19(25)13-23(2)12-15-7-4-3-5-8-15/h3-10H,11-13H2,1-2H3,(H,21,25)(H,22,24)/p+1. The number of hydrogen-bond acceptors (Lipinski definition) is 2. The molecule has 0 spiro atoms. The Bertz CT molecular complexity index is 735. The minimum absolute atomic E-state index is 0.0661. The number of amides is 2. The lowest BCUT2D eigenvalue weighted by Gasteiger charge is -2.14. The highest BCUT2D eigenvalue weighted by molar-refractivity contribution is 6.31. The summed E-state index contributed by atoms with van der Waals surface area (Å²) in [5, 5.41) is 5.99. The molecule has 132 valence electrons. The fraction of sp³-hybridized carbons (Fsp3) is 0.263. The first-order valence-electron chi connectivity index (χ1n) is 8.12. The summed E-state index contributed by atoms with van der Waals surface area (Å²) in [5.41, 5.74) is 2.62. The topological polar surface area (TPSA) is 62.6 Å². The summed E-state index contributed by atoms with van der Waals surface area (Å²) in [6, 6.07) is 15.3. The molecule has 0 radical (unpaired) electrons. The monoisotopic (exact) mass is 360 g/mol. The van der Waals surface area contributed by atoms with Gasteiger partial charge < -0.3 is 15.5 Å². The number of halogens is 1. The average molecular weight is 361 g/mol. The van der Waals surface area contributed by atoms with Crippen LogP contribution in [0.15, 0.2) is 48.5 Å². The van der Waals surface area contributed by atoms with Crippen LogP contribution in [0.4, 0.5) is 5.69 Å². The maximum absolute atomic E-state index is 12.0. The summed E-state index contributed by atoms with van der Waals surface area (Å²) in [6.07, 6.45) is 0. The minimum Gasteiger partial charge on any atom is -0.342 e. The fourth-order valence-electron chi connectivity index (χ4n) is 2.46. The third-order valence-corrected chi connectivity index (χ3v) is 4.21. The van der Waals surface area contributed by atoms with E-state index in [0.29, 0.717) is 17.3 Å². The fourth-order valence-corrected chi connectivity index (χ4v) is 2.63. The molecule has 0 aliphatic carbocycles. The van der Waals surface area contributed by atoms with Gasteiger partial charge in [-0.1, -0.05) is 48.0 Å². The van der Waals surface area contributed by atoms with Gasteiger partial charge in [-0.2, -0.15) is 0 Å². The lowest BCUT2D eigenvalue weighted by Crippen LogP contribution is -3.08. The molecule has 0 bridgehead atoms. The largest absolute Gasteiger partial charge is 0.342 e. The predicted molar refractivity (Wildman–Crippen MR) is 99.7 cm³/mol. The van der Waals surface area contributed by atoms with E-state index >= 15 is 0 Å². The Morgan fingerprint density at radius 2 is 1.76 bits per heavy atom. The summed E-state index contributed by atoms with van der Waals surface area (Å²) in [5.74, 6) is -0.439. The molecule has 0 saturated heterocycles. The molecule has 0 heterocycles. The van der Waals surface area contributed by atoms with E-state index in [4.69, 9.17) is 11.6 Å². The van der Waals surface area contributed by atoms with Gasteiger partial charge in [-0.25, -0.2) is 0 Å². The van der Waals surface area contributed by atoms with Crippen molar-refractivity contribution in [3.63, 3.8) is 0 Å². The molecule has 0 aliphatic heterocycles. The van der Waals surface area contributed by atoms with Gasteiger partial charge in [0.05, 0.1) is 13.6 Å². The molecule has 2 aromatic carbocycles. The molecule has 1 unspecified atom stereocenters. The quantitative estimate of drug-likeness (QED) is 0.699. The SMILES string of the molecule is Cc1c(Cl)cccc1NC(=O)CNC(=O)C[NH+](C)Cc1ccccc1. The van der Waals surface area contributed by atoms with Crippen LogP contribution in [-0.2, 0) is 16.1 Å². The van der Waals surface area contributed by atoms with Gasteiger partial charge in [-0.3, -0.25) is 9.59 Å². The van der Waals surface area contributed by atoms with E-state index in [1.54, 1.807) is 18.2 Å². The first kappa shape index (κ1) is 19.0. The maximum atomic E-state index is 12.0. The molecule has 0 fully saturated rings. The highest BCUT2D eigenvalue weighted by Gasteiger charge is 2.12. The minimum atomic E-state index is -0.278. The molecule has 5 nitrogen and oxygen atoms in total. The molecule has 6 heteroatoms. The van der Waals surface area contributed by atoms with Gasteiger partial charge in [0.1, 0.15) is 6.54 Å². The molecule has 25 heavy (non-hydrogen) atoms. The molecule has 2 aromatic rings. The number of anilines is 1. The van der Waals surface area contributed by atoms with Crippen LogP contribution in [0.1, 0.15) is 11.1 Å². The van der Waals surface area contributed by atoms with Gasteiger partial charge in [-0.15, -0.1) is 0 Å². The molecular weight excluding hydrogens is 338 g/mol. The van der Waals surface area contributed by atoms with Crippen LogP contribution in [0, 0.1) is 6.92 Å². The number of quaternary nitrogens is 1. The van der Waals surface area contributed by atoms with Crippen molar-refractivity contribution < 1.29 is 14.5 Å². The van der Waals surface area contributed by atoms with Crippen LogP contribution in [0.25, 0.3) is 0 Å². The number of carbonyl (C=O) groups excluding carboxylic acids is 2. The lowest BCUT2D eigenvalue weighted by molar-refractivity contribution is -0.885. The number of benzene rings is 2. The van der Waals surface area contributed by atoms with Gasteiger partial charge in [0, 0.05) is 16.3 Å². The van der Waals surface area contributed by atoms with Crippen molar-refractivity contribution in [2.75, 3.05) is 25.5 Å². The maximum Gasteiger partial charge on any atom is 0.275 e. The Hall–Kier alpha value is -2.37. The zero-order chi connectivity index (χ0) is 18.2. The highest BCUT2D eigenvalue weighted by Crippen LogP contribution is 2.22. The van der Waals surface area contributed by atoms with Crippen LogP contribution >= 0.6 is 11.6 Å². The van der Waals surface area contributed by atoms with E-state index in [-0.39, 0.29) is 18.4 Å². The summed E-state index contributed by atoms with van der Waals surface area (Å²) in [6.45, 7) is 2.82. The Morgan fingerprint density at radius 3 is 2.48 bits per heavy atom. The van der Waals surface area contributed by atoms with Crippen molar-refractivity contribution >= 4 is 29.1 Å². The molecule has 3 N–H and O–H groups in total. The van der Waals surface area contributed by atoms with Gasteiger partial charge in [-0.05, 0) is 24.6 Å². The predicted octanol–water partition coefficient (Wildman–Crippen LogP) is 1.42. The van der Waals surface area contributed by atoms with Crippen LogP contribution in [0.2, 0.25) is 5.02 Å². The number of carbonyl (C=O) groups is 2. The summed E-state index contributed by atoms with van der Waals surface area (Å²) >= 11 is 6.02. The van der Waals surface area contributed by atoms with E-state index in [1.165, 1.54) is 5.56 Å². The van der Waals surface area contributed by atoms with Gasteiger partial charge in [0.15, 0.2) is 6.54 Å². The second kappa shape index (κ2) is 9.20. The van der Waals surface area contributed by atoms with Crippen molar-refractivity contribution in [3.8, 4) is 0 Å². The average Bonchev–Trinajstić information content (AvgIpc) is 2.58. The number of rotatable bonds is 7. The first-order chi connectivity index (χ1) is 12.0. The van der Waals surface area contributed by atoms with Crippen LogP contribution in [-0.4, -0.2) is 32.0 Å². The van der Waals surface area contributed by atoms with E-state index in [1.807, 2.05) is 44.3 Å². The van der Waals surface area contributed by atoms with E-state index in [9.17, 15) is 9.59 Å². The summed E-state index contributed by atoms with van der Waals surface area (Å²) < 4.78 is 0. The molecule has 1 atom stereocenters. The Kier molecular flexibility index (Phi) is 6.98. The van der Waals surface area contributed by atoms with Gasteiger partial charge in [0.25, 0.3) is 5.91 Å². The van der Waals surface area contributed by atoms with Gasteiger partial charge in [0.2, 0.25) is 5.91 Å². The number of likely N-dealkylation sites (N-methyl/N-ethyl adjacent to an activating group) is 1. The number of hydrogen-bond donors (Lipinski definition) is 3. The van der Waals surface area contributed by atoms with Crippen molar-refractivity contribution in [2.45, 2.75) is 13.5 Å². The Labute approximate surface area is 153 Å². The Morgan fingerprint density at radius 1 is 1.04 bits per heavy atom. The Balaban J connectivity index is 1.75. The normalized spacial score (nSPS) is 11.6. The van der Waals surface area contributed by atoms with Crippen LogP contribution < -0.4 is 15.5 Å².